The molecule has 0 aliphatic rings. The molecule has 0 fully saturated rings. The number of carbonyl (C=O) groups excluding carboxylic acids is 1. The number of benzene rings is 1. The largest absolute Gasteiger partial charge is 0.434 e. The van der Waals surface area contributed by atoms with Crippen molar-refractivity contribution in [3.8, 4) is 5.69 Å². The van der Waals surface area contributed by atoms with Gasteiger partial charge in [0.15, 0.2) is 5.69 Å². The van der Waals surface area contributed by atoms with Crippen LogP contribution in [-0.4, -0.2) is 22.2 Å². The Morgan fingerprint density at radius 2 is 1.80 bits per heavy atom. The van der Waals surface area contributed by atoms with Crippen molar-refractivity contribution in [1.29, 1.82) is 0 Å². The number of rotatable bonds is 4. The molecule has 4 nitrogen and oxygen atoms in total. The average Bonchev–Trinajstić information content (AvgIpc) is 2.91. The molecule has 1 aromatic carbocycles. The molecular weight excluding hydrogens is 355 g/mol. The number of hydrogen-bond acceptors (Lipinski definition) is 2. The van der Waals surface area contributed by atoms with Crippen LogP contribution in [0.15, 0.2) is 30.5 Å². The first-order valence-electron chi connectivity index (χ1n) is 7.68. The first kappa shape index (κ1) is 19.3. The van der Waals surface area contributed by atoms with Gasteiger partial charge in [0.1, 0.15) is 0 Å². The van der Waals surface area contributed by atoms with E-state index in [-0.39, 0.29) is 17.6 Å². The van der Waals surface area contributed by atoms with Crippen molar-refractivity contribution in [2.75, 3.05) is 6.54 Å². The Hall–Kier alpha value is -2.02. The second kappa shape index (κ2) is 7.07. The topological polar surface area (TPSA) is 46.9 Å². The maximum atomic E-state index is 13.5. The molecule has 2 rings (SSSR count). The quantitative estimate of drug-likeness (QED) is 0.843. The number of aromatic nitrogens is 2. The van der Waals surface area contributed by atoms with Crippen molar-refractivity contribution >= 4 is 17.5 Å². The Kier molecular flexibility index (Phi) is 5.46. The summed E-state index contributed by atoms with van der Waals surface area (Å²) in [6.45, 7) is 6.24. The Labute approximate surface area is 149 Å². The van der Waals surface area contributed by atoms with Crippen molar-refractivity contribution in [3.05, 3.63) is 46.7 Å². The highest BCUT2D eigenvalue weighted by Crippen LogP contribution is 2.33. The summed E-state index contributed by atoms with van der Waals surface area (Å²) in [5.41, 5.74) is -1.47. The number of alkyl halides is 3. The zero-order valence-electron chi connectivity index (χ0n) is 14.1. The van der Waals surface area contributed by atoms with E-state index in [0.717, 1.165) is 6.20 Å². The van der Waals surface area contributed by atoms with E-state index in [9.17, 15) is 18.0 Å². The Bertz CT molecular complexity index is 746. The summed E-state index contributed by atoms with van der Waals surface area (Å²) < 4.78 is 41.2. The summed E-state index contributed by atoms with van der Waals surface area (Å²) in [6.07, 6.45) is -3.15. The van der Waals surface area contributed by atoms with Crippen LogP contribution in [0.4, 0.5) is 13.2 Å². The van der Waals surface area contributed by atoms with E-state index in [0.29, 0.717) is 16.1 Å². The Morgan fingerprint density at radius 3 is 2.32 bits per heavy atom. The van der Waals surface area contributed by atoms with Gasteiger partial charge in [-0.3, -0.25) is 4.79 Å². The van der Waals surface area contributed by atoms with E-state index in [1.54, 1.807) is 0 Å². The lowest BCUT2D eigenvalue weighted by Crippen LogP contribution is -2.29. The Morgan fingerprint density at radius 1 is 1.20 bits per heavy atom. The number of carbonyl (C=O) groups is 1. The van der Waals surface area contributed by atoms with Crippen LogP contribution in [0, 0.1) is 5.41 Å². The molecular formula is C17H19ClF3N3O. The van der Waals surface area contributed by atoms with Crippen LogP contribution in [0.25, 0.3) is 5.69 Å². The van der Waals surface area contributed by atoms with Gasteiger partial charge in [-0.15, -0.1) is 0 Å². The van der Waals surface area contributed by atoms with Crippen LogP contribution in [0.2, 0.25) is 5.02 Å². The van der Waals surface area contributed by atoms with E-state index < -0.39 is 23.3 Å². The highest BCUT2D eigenvalue weighted by Gasteiger charge is 2.40. The molecule has 0 unspecified atom stereocenters. The second-order valence-electron chi connectivity index (χ2n) is 6.86. The highest BCUT2D eigenvalue weighted by atomic mass is 35.5. The van der Waals surface area contributed by atoms with Crippen molar-refractivity contribution in [2.24, 2.45) is 5.41 Å². The number of nitrogens with one attached hydrogen (secondary N) is 1. The third-order valence-electron chi connectivity index (χ3n) is 3.51. The normalized spacial score (nSPS) is 12.3. The minimum absolute atomic E-state index is 0.0341. The fraction of sp³-hybridized carbons (Fsp3) is 0.412. The predicted molar refractivity (Wildman–Crippen MR) is 90.0 cm³/mol. The van der Waals surface area contributed by atoms with E-state index >= 15 is 0 Å². The van der Waals surface area contributed by atoms with Gasteiger partial charge < -0.3 is 5.32 Å². The fourth-order valence-corrected chi connectivity index (χ4v) is 2.34. The van der Waals surface area contributed by atoms with Crippen LogP contribution in [-0.2, 0) is 6.18 Å². The second-order valence-corrected chi connectivity index (χ2v) is 7.30. The van der Waals surface area contributed by atoms with Crippen molar-refractivity contribution in [2.45, 2.75) is 33.4 Å². The molecule has 1 heterocycles. The van der Waals surface area contributed by atoms with E-state index in [1.807, 2.05) is 20.8 Å². The van der Waals surface area contributed by atoms with E-state index in [2.05, 4.69) is 10.4 Å². The zero-order valence-corrected chi connectivity index (χ0v) is 14.9. The number of nitrogens with zero attached hydrogens (tertiary/aromatic N) is 2. The van der Waals surface area contributed by atoms with E-state index in [4.69, 9.17) is 11.6 Å². The summed E-state index contributed by atoms with van der Waals surface area (Å²) in [6, 6.07) is 5.74. The van der Waals surface area contributed by atoms with Gasteiger partial charge in [0.2, 0.25) is 0 Å². The minimum atomic E-state index is -4.73. The summed E-state index contributed by atoms with van der Waals surface area (Å²) in [7, 11) is 0. The lowest BCUT2D eigenvalue weighted by molar-refractivity contribution is -0.143. The third-order valence-corrected chi connectivity index (χ3v) is 3.77. The number of halogens is 4. The summed E-state index contributed by atoms with van der Waals surface area (Å²) >= 11 is 5.76. The summed E-state index contributed by atoms with van der Waals surface area (Å²) in [5, 5.41) is 6.67. The monoisotopic (exact) mass is 373 g/mol. The SMILES string of the molecule is CC(C)(C)CCNC(=O)c1cnn(-c2ccc(Cl)cc2)c1C(F)(F)F. The van der Waals surface area contributed by atoms with Gasteiger partial charge in [0, 0.05) is 11.6 Å². The molecule has 0 saturated carbocycles. The molecule has 1 N–H and O–H groups in total. The minimum Gasteiger partial charge on any atom is -0.352 e. The van der Waals surface area contributed by atoms with Crippen molar-refractivity contribution in [3.63, 3.8) is 0 Å². The molecule has 1 aromatic heterocycles. The average molecular weight is 374 g/mol. The third kappa shape index (κ3) is 4.98. The first-order valence-corrected chi connectivity index (χ1v) is 8.06. The predicted octanol–water partition coefficient (Wildman–Crippen LogP) is 4.71. The van der Waals surface area contributed by atoms with Crippen molar-refractivity contribution in [1.82, 2.24) is 15.1 Å². The lowest BCUT2D eigenvalue weighted by atomic mass is 9.92. The standard InChI is InChI=1S/C17H19ClF3N3O/c1-16(2,3)8-9-22-15(25)13-10-23-24(14(13)17(19,20)21)12-6-4-11(18)5-7-12/h4-7,10H,8-9H2,1-3H3,(H,22,25). The maximum Gasteiger partial charge on any atom is 0.434 e. The van der Waals surface area contributed by atoms with Crippen LogP contribution in [0.3, 0.4) is 0 Å². The highest BCUT2D eigenvalue weighted by molar-refractivity contribution is 6.30. The molecule has 2 aromatic rings. The Balaban J connectivity index is 2.33. The van der Waals surface area contributed by atoms with Gasteiger partial charge in [-0.2, -0.15) is 18.3 Å². The van der Waals surface area contributed by atoms with Gasteiger partial charge in [-0.1, -0.05) is 32.4 Å². The molecule has 136 valence electrons. The van der Waals surface area contributed by atoms with Gasteiger partial charge in [-0.05, 0) is 36.1 Å². The zero-order chi connectivity index (χ0) is 18.8. The molecule has 25 heavy (non-hydrogen) atoms. The summed E-state index contributed by atoms with van der Waals surface area (Å²) in [4.78, 5) is 12.2. The molecule has 0 saturated heterocycles. The van der Waals surface area contributed by atoms with Crippen LogP contribution < -0.4 is 5.32 Å². The molecule has 0 radical (unpaired) electrons. The molecule has 1 amide bonds. The van der Waals surface area contributed by atoms with Gasteiger partial charge in [0.25, 0.3) is 5.91 Å². The summed E-state index contributed by atoms with van der Waals surface area (Å²) in [5.74, 6) is -0.795. The van der Waals surface area contributed by atoms with Gasteiger partial charge in [-0.25, -0.2) is 4.68 Å². The molecule has 0 bridgehead atoms. The molecule has 0 spiro atoms. The van der Waals surface area contributed by atoms with Crippen LogP contribution in [0.1, 0.15) is 43.2 Å². The maximum absolute atomic E-state index is 13.5. The number of hydrogen-bond donors (Lipinski definition) is 1. The van der Waals surface area contributed by atoms with Crippen molar-refractivity contribution < 1.29 is 18.0 Å². The molecule has 0 atom stereocenters. The van der Waals surface area contributed by atoms with Gasteiger partial charge in [0.05, 0.1) is 17.4 Å². The lowest BCUT2D eigenvalue weighted by Gasteiger charge is -2.18. The molecule has 8 heteroatoms. The molecule has 0 aliphatic carbocycles. The number of amides is 1. The van der Waals surface area contributed by atoms with Crippen LogP contribution in [0.5, 0.6) is 0 Å². The van der Waals surface area contributed by atoms with Gasteiger partial charge >= 0.3 is 6.18 Å². The smallest absolute Gasteiger partial charge is 0.352 e. The first-order chi connectivity index (χ1) is 11.5. The fourth-order valence-electron chi connectivity index (χ4n) is 2.21. The van der Waals surface area contributed by atoms with Crippen LogP contribution >= 0.6 is 11.6 Å². The van der Waals surface area contributed by atoms with E-state index in [1.165, 1.54) is 24.3 Å². The molecule has 0 aliphatic heterocycles.